The number of carbonyl (C=O) groups is 1. The van der Waals surface area contributed by atoms with Gasteiger partial charge in [0.1, 0.15) is 12.0 Å². The molecule has 0 aliphatic heterocycles. The van der Waals surface area contributed by atoms with Crippen LogP contribution in [0.5, 0.6) is 0 Å². The van der Waals surface area contributed by atoms with E-state index in [9.17, 15) is 4.79 Å². The molecule has 3 aromatic rings. The third kappa shape index (κ3) is 1.32. The van der Waals surface area contributed by atoms with Gasteiger partial charge in [0, 0.05) is 11.9 Å². The van der Waals surface area contributed by atoms with Crippen molar-refractivity contribution in [2.24, 2.45) is 0 Å². The number of fused-ring (bicyclic) bond motifs is 1. The van der Waals surface area contributed by atoms with E-state index in [2.05, 4.69) is 15.0 Å². The van der Waals surface area contributed by atoms with Crippen LogP contribution < -0.4 is 0 Å². The molecule has 0 bridgehead atoms. The molecule has 0 radical (unpaired) electrons. The van der Waals surface area contributed by atoms with Crippen molar-refractivity contribution in [3.05, 3.63) is 30.0 Å². The standard InChI is InChI=1S/C10H8N4O3/c1-5-7(9(15)16)13-8(12-5)6-4-11-10-14(6)2-3-17-10/h2-4H,1H3,(H,12,13)(H,15,16). The van der Waals surface area contributed by atoms with Crippen LogP contribution in [0.3, 0.4) is 0 Å². The summed E-state index contributed by atoms with van der Waals surface area (Å²) >= 11 is 0. The van der Waals surface area contributed by atoms with Gasteiger partial charge in [0.15, 0.2) is 11.5 Å². The first-order valence-corrected chi connectivity index (χ1v) is 4.87. The van der Waals surface area contributed by atoms with Crippen molar-refractivity contribution in [2.75, 3.05) is 0 Å². The fraction of sp³-hybridized carbons (Fsp3) is 0.100. The highest BCUT2D eigenvalue weighted by atomic mass is 16.4. The highest BCUT2D eigenvalue weighted by Gasteiger charge is 2.17. The molecule has 0 aliphatic carbocycles. The smallest absolute Gasteiger partial charge is 0.356 e. The van der Waals surface area contributed by atoms with Gasteiger partial charge in [-0.15, -0.1) is 0 Å². The number of oxazole rings is 1. The van der Waals surface area contributed by atoms with Crippen molar-refractivity contribution in [1.82, 2.24) is 19.4 Å². The van der Waals surface area contributed by atoms with Crippen LogP contribution in [0.25, 0.3) is 17.4 Å². The van der Waals surface area contributed by atoms with Crippen LogP contribution in [0.15, 0.2) is 23.1 Å². The van der Waals surface area contributed by atoms with E-state index in [0.717, 1.165) is 0 Å². The minimum Gasteiger partial charge on any atom is -0.476 e. The van der Waals surface area contributed by atoms with Gasteiger partial charge in [-0.3, -0.25) is 4.40 Å². The zero-order valence-corrected chi connectivity index (χ0v) is 8.84. The summed E-state index contributed by atoms with van der Waals surface area (Å²) in [5.74, 6) is -0.169. The summed E-state index contributed by atoms with van der Waals surface area (Å²) in [6.07, 6.45) is 4.76. The Bertz CT molecular complexity index is 706. The number of aryl methyl sites for hydroxylation is 1. The number of H-pyrrole nitrogens is 1. The lowest BCUT2D eigenvalue weighted by atomic mass is 10.4. The normalized spacial score (nSPS) is 11.1. The molecule has 0 amide bonds. The molecule has 0 aromatic carbocycles. The Hall–Kier alpha value is -2.57. The molecule has 0 unspecified atom stereocenters. The maximum Gasteiger partial charge on any atom is 0.356 e. The SMILES string of the molecule is Cc1[nH]c(-c2cnc3occn23)nc1C(=O)O. The third-order valence-corrected chi connectivity index (χ3v) is 2.48. The lowest BCUT2D eigenvalue weighted by Gasteiger charge is -1.91. The van der Waals surface area contributed by atoms with Crippen LogP contribution in [-0.4, -0.2) is 30.4 Å². The first kappa shape index (κ1) is 9.64. The summed E-state index contributed by atoms with van der Waals surface area (Å²) in [7, 11) is 0. The monoisotopic (exact) mass is 232 g/mol. The van der Waals surface area contributed by atoms with Gasteiger partial charge in [0.2, 0.25) is 0 Å². The lowest BCUT2D eigenvalue weighted by Crippen LogP contribution is -1.98. The van der Waals surface area contributed by atoms with Crippen LogP contribution >= 0.6 is 0 Å². The number of nitrogens with one attached hydrogen (secondary N) is 1. The number of hydrogen-bond acceptors (Lipinski definition) is 4. The number of aromatic amines is 1. The predicted molar refractivity (Wildman–Crippen MR) is 56.7 cm³/mol. The van der Waals surface area contributed by atoms with E-state index >= 15 is 0 Å². The van der Waals surface area contributed by atoms with Crippen molar-refractivity contribution in [1.29, 1.82) is 0 Å². The van der Waals surface area contributed by atoms with Gasteiger partial charge in [0.25, 0.3) is 0 Å². The number of carboxylic acids is 1. The highest BCUT2D eigenvalue weighted by molar-refractivity contribution is 5.87. The quantitative estimate of drug-likeness (QED) is 0.694. The van der Waals surface area contributed by atoms with E-state index in [4.69, 9.17) is 9.52 Å². The Morgan fingerprint density at radius 3 is 3.12 bits per heavy atom. The second-order valence-electron chi connectivity index (χ2n) is 3.56. The fourth-order valence-electron chi connectivity index (χ4n) is 1.69. The fourth-order valence-corrected chi connectivity index (χ4v) is 1.69. The maximum absolute atomic E-state index is 10.9. The molecule has 7 heteroatoms. The molecule has 2 N–H and O–H groups in total. The van der Waals surface area contributed by atoms with Crippen molar-refractivity contribution >= 4 is 11.8 Å². The van der Waals surface area contributed by atoms with Gasteiger partial charge < -0.3 is 14.5 Å². The van der Waals surface area contributed by atoms with Crippen molar-refractivity contribution in [3.63, 3.8) is 0 Å². The molecule has 0 aliphatic rings. The average Bonchev–Trinajstić information content (AvgIpc) is 2.89. The second kappa shape index (κ2) is 3.21. The number of hydrogen-bond donors (Lipinski definition) is 2. The van der Waals surface area contributed by atoms with Gasteiger partial charge in [0.05, 0.1) is 6.20 Å². The lowest BCUT2D eigenvalue weighted by molar-refractivity contribution is 0.0690. The number of rotatable bonds is 2. The minimum absolute atomic E-state index is 0.0124. The van der Waals surface area contributed by atoms with Gasteiger partial charge in [-0.25, -0.2) is 14.8 Å². The van der Waals surface area contributed by atoms with Crippen molar-refractivity contribution < 1.29 is 14.3 Å². The second-order valence-corrected chi connectivity index (χ2v) is 3.56. The Labute approximate surface area is 94.7 Å². The van der Waals surface area contributed by atoms with Gasteiger partial charge in [-0.1, -0.05) is 0 Å². The molecular formula is C10H8N4O3. The molecule has 3 aromatic heterocycles. The molecule has 86 valence electrons. The molecular weight excluding hydrogens is 224 g/mol. The molecule has 0 spiro atoms. The van der Waals surface area contributed by atoms with E-state index in [1.807, 2.05) is 0 Å². The zero-order valence-electron chi connectivity index (χ0n) is 8.84. The van der Waals surface area contributed by atoms with Gasteiger partial charge >= 0.3 is 11.8 Å². The first-order valence-electron chi connectivity index (χ1n) is 4.87. The van der Waals surface area contributed by atoms with Crippen molar-refractivity contribution in [2.45, 2.75) is 6.92 Å². The summed E-state index contributed by atoms with van der Waals surface area (Å²) in [5, 5.41) is 8.93. The van der Waals surface area contributed by atoms with E-state index in [-0.39, 0.29) is 5.69 Å². The predicted octanol–water partition coefficient (Wildman–Crippen LogP) is 1.32. The third-order valence-electron chi connectivity index (χ3n) is 2.48. The number of imidazole rings is 2. The number of nitrogens with zero attached hydrogens (tertiary/aromatic N) is 3. The summed E-state index contributed by atoms with van der Waals surface area (Å²) in [4.78, 5) is 21.9. The van der Waals surface area contributed by atoms with E-state index in [0.29, 0.717) is 23.1 Å². The first-order chi connectivity index (χ1) is 8.16. The van der Waals surface area contributed by atoms with Crippen LogP contribution in [-0.2, 0) is 0 Å². The molecule has 7 nitrogen and oxygen atoms in total. The van der Waals surface area contributed by atoms with E-state index < -0.39 is 5.97 Å². The van der Waals surface area contributed by atoms with Gasteiger partial charge in [-0.2, -0.15) is 0 Å². The van der Waals surface area contributed by atoms with Crippen molar-refractivity contribution in [3.8, 4) is 11.5 Å². The van der Waals surface area contributed by atoms with E-state index in [1.165, 1.54) is 6.26 Å². The summed E-state index contributed by atoms with van der Waals surface area (Å²) in [6.45, 7) is 1.66. The summed E-state index contributed by atoms with van der Waals surface area (Å²) < 4.78 is 6.78. The Balaban J connectivity index is 2.19. The maximum atomic E-state index is 10.9. The molecule has 17 heavy (non-hydrogen) atoms. The summed E-state index contributed by atoms with van der Waals surface area (Å²) in [6, 6.07) is 0. The Kier molecular flexibility index (Phi) is 1.82. The van der Waals surface area contributed by atoms with Crippen LogP contribution in [0.1, 0.15) is 16.2 Å². The van der Waals surface area contributed by atoms with E-state index in [1.54, 1.807) is 23.7 Å². The number of aromatic nitrogens is 4. The Morgan fingerprint density at radius 1 is 1.59 bits per heavy atom. The molecule has 0 saturated carbocycles. The molecule has 3 rings (SSSR count). The molecule has 0 saturated heterocycles. The number of carboxylic acid groups (broad SMARTS) is 1. The molecule has 3 heterocycles. The highest BCUT2D eigenvalue weighted by Crippen LogP contribution is 2.19. The minimum atomic E-state index is -1.06. The van der Waals surface area contributed by atoms with Crippen LogP contribution in [0.4, 0.5) is 0 Å². The topological polar surface area (TPSA) is 96.4 Å². The Morgan fingerprint density at radius 2 is 2.41 bits per heavy atom. The molecule has 0 atom stereocenters. The largest absolute Gasteiger partial charge is 0.476 e. The molecule has 0 fully saturated rings. The zero-order chi connectivity index (χ0) is 12.0. The van der Waals surface area contributed by atoms with Crippen LogP contribution in [0.2, 0.25) is 0 Å². The van der Waals surface area contributed by atoms with Gasteiger partial charge in [-0.05, 0) is 6.92 Å². The van der Waals surface area contributed by atoms with Crippen LogP contribution in [0, 0.1) is 6.92 Å². The average molecular weight is 232 g/mol. The summed E-state index contributed by atoms with van der Waals surface area (Å²) in [5.41, 5.74) is 1.17. The number of aromatic carboxylic acids is 1.